The molecule has 4 nitrogen and oxygen atoms in total. The molecule has 1 aliphatic heterocycles. The molecule has 0 aromatic carbocycles. The highest BCUT2D eigenvalue weighted by atomic mass is 15.1. The molecule has 18 heavy (non-hydrogen) atoms. The van der Waals surface area contributed by atoms with Crippen molar-refractivity contribution in [3.63, 3.8) is 0 Å². The molecule has 1 aromatic heterocycles. The second-order valence-corrected chi connectivity index (χ2v) is 5.68. The van der Waals surface area contributed by atoms with Crippen molar-refractivity contribution in [2.24, 2.45) is 11.7 Å². The number of aryl methyl sites for hydroxylation is 1. The molecule has 1 fully saturated rings. The van der Waals surface area contributed by atoms with Crippen molar-refractivity contribution in [1.29, 1.82) is 0 Å². The highest BCUT2D eigenvalue weighted by molar-refractivity contribution is 5.05. The van der Waals surface area contributed by atoms with E-state index in [0.717, 1.165) is 6.54 Å². The molecule has 1 aromatic rings. The number of nitrogens with two attached hydrogens (primary N) is 1. The van der Waals surface area contributed by atoms with Crippen LogP contribution in [0.1, 0.15) is 44.8 Å². The third-order valence-electron chi connectivity index (χ3n) is 3.88. The zero-order chi connectivity index (χ0) is 13.0. The molecule has 1 unspecified atom stereocenters. The molecule has 2 rings (SSSR count). The van der Waals surface area contributed by atoms with Crippen LogP contribution in [0.3, 0.4) is 0 Å². The Morgan fingerprint density at radius 1 is 1.28 bits per heavy atom. The van der Waals surface area contributed by atoms with Crippen LogP contribution in [0.5, 0.6) is 0 Å². The van der Waals surface area contributed by atoms with Crippen molar-refractivity contribution in [3.05, 3.63) is 18.2 Å². The van der Waals surface area contributed by atoms with Gasteiger partial charge in [-0.25, -0.2) is 4.98 Å². The van der Waals surface area contributed by atoms with Gasteiger partial charge in [0.25, 0.3) is 0 Å². The maximum absolute atomic E-state index is 6.21. The number of likely N-dealkylation sites (tertiary alicyclic amines) is 1. The van der Waals surface area contributed by atoms with Crippen LogP contribution >= 0.6 is 0 Å². The van der Waals surface area contributed by atoms with Crippen molar-refractivity contribution >= 4 is 0 Å². The van der Waals surface area contributed by atoms with Crippen LogP contribution in [0.25, 0.3) is 0 Å². The Labute approximate surface area is 110 Å². The summed E-state index contributed by atoms with van der Waals surface area (Å²) in [6.45, 7) is 9.11. The first-order valence-electron chi connectivity index (χ1n) is 7.16. The molecular formula is C14H26N4. The van der Waals surface area contributed by atoms with Gasteiger partial charge in [-0.15, -0.1) is 0 Å². The van der Waals surface area contributed by atoms with E-state index in [1.807, 2.05) is 12.5 Å². The van der Waals surface area contributed by atoms with Gasteiger partial charge in [0.1, 0.15) is 0 Å². The smallest absolute Gasteiger partial charge is 0.0948 e. The maximum Gasteiger partial charge on any atom is 0.0948 e. The van der Waals surface area contributed by atoms with Gasteiger partial charge in [-0.1, -0.05) is 13.8 Å². The summed E-state index contributed by atoms with van der Waals surface area (Å²) in [4.78, 5) is 6.80. The molecule has 0 saturated carbocycles. The predicted molar refractivity (Wildman–Crippen MR) is 74.3 cm³/mol. The van der Waals surface area contributed by atoms with E-state index < -0.39 is 0 Å². The van der Waals surface area contributed by atoms with E-state index in [-0.39, 0.29) is 6.04 Å². The second-order valence-electron chi connectivity index (χ2n) is 5.68. The van der Waals surface area contributed by atoms with Gasteiger partial charge in [-0.3, -0.25) is 0 Å². The van der Waals surface area contributed by atoms with Crippen molar-refractivity contribution in [3.8, 4) is 0 Å². The normalized spacial score (nSPS) is 18.7. The Bertz CT molecular complexity index is 352. The zero-order valence-corrected chi connectivity index (χ0v) is 11.7. The molecule has 0 bridgehead atoms. The van der Waals surface area contributed by atoms with Gasteiger partial charge in [0.2, 0.25) is 0 Å². The van der Waals surface area contributed by atoms with E-state index in [0.29, 0.717) is 5.92 Å². The summed E-state index contributed by atoms with van der Waals surface area (Å²) in [5, 5.41) is 0. The molecule has 0 spiro atoms. The monoisotopic (exact) mass is 250 g/mol. The fourth-order valence-corrected chi connectivity index (χ4v) is 2.61. The first-order chi connectivity index (χ1) is 8.68. The van der Waals surface area contributed by atoms with E-state index >= 15 is 0 Å². The van der Waals surface area contributed by atoms with E-state index in [1.165, 1.54) is 44.6 Å². The lowest BCUT2D eigenvalue weighted by molar-refractivity contribution is 0.323. The lowest BCUT2D eigenvalue weighted by Gasteiger charge is -2.19. The highest BCUT2D eigenvalue weighted by Gasteiger charge is 2.15. The number of imidazole rings is 1. The average molecular weight is 250 g/mol. The Balaban J connectivity index is 1.83. The van der Waals surface area contributed by atoms with Crippen LogP contribution in [-0.2, 0) is 6.54 Å². The summed E-state index contributed by atoms with van der Waals surface area (Å²) in [6.07, 6.45) is 7.76. The molecule has 4 heteroatoms. The van der Waals surface area contributed by atoms with Gasteiger partial charge < -0.3 is 15.2 Å². The number of nitrogens with zero attached hydrogens (tertiary/aromatic N) is 3. The minimum atomic E-state index is 0.0966. The number of aromatic nitrogens is 2. The molecule has 0 amide bonds. The molecule has 1 atom stereocenters. The number of rotatable bonds is 6. The van der Waals surface area contributed by atoms with Crippen LogP contribution in [0.2, 0.25) is 0 Å². The molecule has 1 saturated heterocycles. The third kappa shape index (κ3) is 3.33. The lowest BCUT2D eigenvalue weighted by Crippen LogP contribution is -2.23. The van der Waals surface area contributed by atoms with Gasteiger partial charge in [-0.2, -0.15) is 0 Å². The summed E-state index contributed by atoms with van der Waals surface area (Å²) >= 11 is 0. The molecule has 2 N–H and O–H groups in total. The summed E-state index contributed by atoms with van der Waals surface area (Å²) in [5.74, 6) is 0.457. The quantitative estimate of drug-likeness (QED) is 0.840. The Hall–Kier alpha value is -0.870. The van der Waals surface area contributed by atoms with Crippen LogP contribution in [0, 0.1) is 5.92 Å². The largest absolute Gasteiger partial charge is 0.333 e. The third-order valence-corrected chi connectivity index (χ3v) is 3.88. The van der Waals surface area contributed by atoms with E-state index in [4.69, 9.17) is 5.73 Å². The van der Waals surface area contributed by atoms with Gasteiger partial charge in [-0.05, 0) is 44.8 Å². The van der Waals surface area contributed by atoms with E-state index in [9.17, 15) is 0 Å². The predicted octanol–water partition coefficient (Wildman–Crippen LogP) is 2.02. The van der Waals surface area contributed by atoms with Gasteiger partial charge in [0, 0.05) is 18.8 Å². The minimum Gasteiger partial charge on any atom is -0.333 e. The fraction of sp³-hybridized carbons (Fsp3) is 0.786. The SMILES string of the molecule is CC(C)C(N)c1cncn1CCCN1CCCC1. The number of hydrogen-bond acceptors (Lipinski definition) is 3. The molecule has 2 heterocycles. The van der Waals surface area contributed by atoms with Crippen molar-refractivity contribution in [2.45, 2.75) is 45.7 Å². The lowest BCUT2D eigenvalue weighted by atomic mass is 10.0. The molecule has 102 valence electrons. The first-order valence-corrected chi connectivity index (χ1v) is 7.16. The standard InChI is InChI=1S/C14H26N4/c1-12(2)14(15)13-10-16-11-18(13)9-5-8-17-6-3-4-7-17/h10-12,14H,3-9,15H2,1-2H3. The summed E-state index contributed by atoms with van der Waals surface area (Å²) in [5.41, 5.74) is 7.38. The molecular weight excluding hydrogens is 224 g/mol. The van der Waals surface area contributed by atoms with E-state index in [1.54, 1.807) is 0 Å². The van der Waals surface area contributed by atoms with E-state index in [2.05, 4.69) is 28.3 Å². The second kappa shape index (κ2) is 6.34. The minimum absolute atomic E-state index is 0.0966. The van der Waals surface area contributed by atoms with Crippen molar-refractivity contribution in [2.75, 3.05) is 19.6 Å². The summed E-state index contributed by atoms with van der Waals surface area (Å²) in [6, 6.07) is 0.0966. The van der Waals surface area contributed by atoms with Crippen molar-refractivity contribution in [1.82, 2.24) is 14.5 Å². The molecule has 0 aliphatic carbocycles. The van der Waals surface area contributed by atoms with Crippen LogP contribution in [0.15, 0.2) is 12.5 Å². The molecule has 0 radical (unpaired) electrons. The zero-order valence-electron chi connectivity index (χ0n) is 11.7. The van der Waals surface area contributed by atoms with Crippen LogP contribution in [-0.4, -0.2) is 34.1 Å². The topological polar surface area (TPSA) is 47.1 Å². The summed E-state index contributed by atoms with van der Waals surface area (Å²) < 4.78 is 2.22. The molecule has 1 aliphatic rings. The highest BCUT2D eigenvalue weighted by Crippen LogP contribution is 2.18. The number of hydrogen-bond donors (Lipinski definition) is 1. The van der Waals surface area contributed by atoms with Crippen LogP contribution < -0.4 is 5.73 Å². The van der Waals surface area contributed by atoms with Gasteiger partial charge in [0.15, 0.2) is 0 Å². The fourth-order valence-electron chi connectivity index (χ4n) is 2.61. The summed E-state index contributed by atoms with van der Waals surface area (Å²) in [7, 11) is 0. The Morgan fingerprint density at radius 3 is 2.67 bits per heavy atom. The Morgan fingerprint density at radius 2 is 2.00 bits per heavy atom. The Kier molecular flexibility index (Phi) is 4.78. The van der Waals surface area contributed by atoms with Crippen LogP contribution in [0.4, 0.5) is 0 Å². The average Bonchev–Trinajstić information content (AvgIpc) is 2.98. The van der Waals surface area contributed by atoms with Gasteiger partial charge in [0.05, 0.1) is 12.0 Å². The van der Waals surface area contributed by atoms with Crippen molar-refractivity contribution < 1.29 is 0 Å². The maximum atomic E-state index is 6.21. The first kappa shape index (κ1) is 13.6. The van der Waals surface area contributed by atoms with Gasteiger partial charge >= 0.3 is 0 Å².